The van der Waals surface area contributed by atoms with Gasteiger partial charge in [-0.1, -0.05) is 29.3 Å². The molecule has 0 radical (unpaired) electrons. The van der Waals surface area contributed by atoms with Gasteiger partial charge >= 0.3 is 0 Å². The molecule has 1 atom stereocenters. The standard InChI is InChI=1S/C13H17Cl2N3O.ClH/c1-9-7-18(6-5-16-9)8-12(19)17-11-4-2-3-10(14)13(11)15;/h2-4,9,16H,5-8H2,1H3,(H,17,19);1H. The zero-order chi connectivity index (χ0) is 13.8. The molecule has 0 aliphatic carbocycles. The van der Waals surface area contributed by atoms with Crippen molar-refractivity contribution in [2.24, 2.45) is 0 Å². The lowest BCUT2D eigenvalue weighted by Crippen LogP contribution is -2.51. The van der Waals surface area contributed by atoms with Gasteiger partial charge in [-0.2, -0.15) is 0 Å². The Morgan fingerprint density at radius 3 is 2.95 bits per heavy atom. The van der Waals surface area contributed by atoms with E-state index in [1.54, 1.807) is 18.2 Å². The monoisotopic (exact) mass is 337 g/mol. The number of rotatable bonds is 3. The molecular formula is C13H18Cl3N3O. The molecule has 1 unspecified atom stereocenters. The lowest BCUT2D eigenvalue weighted by atomic mass is 10.2. The normalized spacial score (nSPS) is 19.2. The first-order valence-electron chi connectivity index (χ1n) is 6.26. The number of hydrogen-bond acceptors (Lipinski definition) is 3. The maximum Gasteiger partial charge on any atom is 0.238 e. The number of piperazine rings is 1. The lowest BCUT2D eigenvalue weighted by molar-refractivity contribution is -0.117. The number of carbonyl (C=O) groups excluding carboxylic acids is 1. The SMILES string of the molecule is CC1CN(CC(=O)Nc2cccc(Cl)c2Cl)CCN1.Cl. The fourth-order valence-electron chi connectivity index (χ4n) is 2.15. The predicted octanol–water partition coefficient (Wildman–Crippen LogP) is 2.65. The molecule has 2 N–H and O–H groups in total. The quantitative estimate of drug-likeness (QED) is 0.890. The molecule has 7 heteroatoms. The average Bonchev–Trinajstić information content (AvgIpc) is 2.35. The first kappa shape index (κ1) is 17.5. The highest BCUT2D eigenvalue weighted by Crippen LogP contribution is 2.29. The summed E-state index contributed by atoms with van der Waals surface area (Å²) in [6, 6.07) is 5.61. The largest absolute Gasteiger partial charge is 0.324 e. The summed E-state index contributed by atoms with van der Waals surface area (Å²) in [5.74, 6) is -0.0710. The van der Waals surface area contributed by atoms with Crippen molar-refractivity contribution >= 4 is 47.2 Å². The molecule has 1 fully saturated rings. The lowest BCUT2D eigenvalue weighted by Gasteiger charge is -2.31. The van der Waals surface area contributed by atoms with E-state index in [0.717, 1.165) is 19.6 Å². The molecule has 20 heavy (non-hydrogen) atoms. The number of hydrogen-bond donors (Lipinski definition) is 2. The van der Waals surface area contributed by atoms with Crippen molar-refractivity contribution in [1.82, 2.24) is 10.2 Å². The Bertz CT molecular complexity index is 470. The van der Waals surface area contributed by atoms with Gasteiger partial charge in [-0.25, -0.2) is 0 Å². The van der Waals surface area contributed by atoms with Crippen molar-refractivity contribution in [3.05, 3.63) is 28.2 Å². The Hall–Kier alpha value is -0.520. The van der Waals surface area contributed by atoms with Gasteiger partial charge in [-0.05, 0) is 19.1 Å². The van der Waals surface area contributed by atoms with Crippen LogP contribution in [-0.4, -0.2) is 43.0 Å². The van der Waals surface area contributed by atoms with E-state index < -0.39 is 0 Å². The summed E-state index contributed by atoms with van der Waals surface area (Å²) in [5.41, 5.74) is 0.558. The Morgan fingerprint density at radius 1 is 1.50 bits per heavy atom. The highest BCUT2D eigenvalue weighted by atomic mass is 35.5. The van der Waals surface area contributed by atoms with E-state index >= 15 is 0 Å². The molecule has 112 valence electrons. The van der Waals surface area contributed by atoms with Crippen LogP contribution in [0.1, 0.15) is 6.92 Å². The predicted molar refractivity (Wildman–Crippen MR) is 86.2 cm³/mol. The van der Waals surface area contributed by atoms with Gasteiger partial charge < -0.3 is 10.6 Å². The van der Waals surface area contributed by atoms with Crippen LogP contribution in [0.4, 0.5) is 5.69 Å². The number of nitrogens with zero attached hydrogens (tertiary/aromatic N) is 1. The number of benzene rings is 1. The maximum absolute atomic E-state index is 12.0. The first-order valence-corrected chi connectivity index (χ1v) is 7.01. The summed E-state index contributed by atoms with van der Waals surface area (Å²) >= 11 is 11.9. The molecule has 1 aromatic carbocycles. The fraction of sp³-hybridized carbons (Fsp3) is 0.462. The number of amides is 1. The molecule has 1 aliphatic heterocycles. The maximum atomic E-state index is 12.0. The van der Waals surface area contributed by atoms with E-state index in [4.69, 9.17) is 23.2 Å². The third-order valence-electron chi connectivity index (χ3n) is 3.05. The minimum atomic E-state index is -0.0710. The molecule has 4 nitrogen and oxygen atoms in total. The average molecular weight is 339 g/mol. The van der Waals surface area contributed by atoms with E-state index in [1.807, 2.05) is 0 Å². The second kappa shape index (κ2) is 8.05. The highest BCUT2D eigenvalue weighted by molar-refractivity contribution is 6.43. The summed E-state index contributed by atoms with van der Waals surface area (Å²) in [6.07, 6.45) is 0. The van der Waals surface area contributed by atoms with Crippen LogP contribution in [0, 0.1) is 0 Å². The smallest absolute Gasteiger partial charge is 0.238 e. The van der Waals surface area contributed by atoms with Crippen LogP contribution < -0.4 is 10.6 Å². The Labute approximate surface area is 135 Å². The molecule has 1 saturated heterocycles. The fourth-order valence-corrected chi connectivity index (χ4v) is 2.50. The molecule has 2 rings (SSSR count). The minimum absolute atomic E-state index is 0. The summed E-state index contributed by atoms with van der Waals surface area (Å²) in [6.45, 7) is 5.14. The summed E-state index contributed by atoms with van der Waals surface area (Å²) in [7, 11) is 0. The van der Waals surface area contributed by atoms with Gasteiger partial charge in [-0.3, -0.25) is 9.69 Å². The first-order chi connectivity index (χ1) is 9.06. The van der Waals surface area contributed by atoms with Gasteiger partial charge in [0, 0.05) is 25.7 Å². The summed E-state index contributed by atoms with van der Waals surface area (Å²) in [4.78, 5) is 14.1. The number of nitrogens with one attached hydrogen (secondary N) is 2. The van der Waals surface area contributed by atoms with Gasteiger partial charge in [0.1, 0.15) is 0 Å². The van der Waals surface area contributed by atoms with Crippen LogP contribution in [0.15, 0.2) is 18.2 Å². The molecule has 0 bridgehead atoms. The summed E-state index contributed by atoms with van der Waals surface area (Å²) < 4.78 is 0. The van der Waals surface area contributed by atoms with Crippen LogP contribution in [-0.2, 0) is 4.79 Å². The second-order valence-corrected chi connectivity index (χ2v) is 5.53. The van der Waals surface area contributed by atoms with Crippen LogP contribution in [0.3, 0.4) is 0 Å². The van der Waals surface area contributed by atoms with Gasteiger partial charge in [0.15, 0.2) is 0 Å². The van der Waals surface area contributed by atoms with E-state index in [-0.39, 0.29) is 18.3 Å². The Morgan fingerprint density at radius 2 is 2.25 bits per heavy atom. The van der Waals surface area contributed by atoms with Crippen LogP contribution in [0.2, 0.25) is 10.0 Å². The van der Waals surface area contributed by atoms with Crippen LogP contribution in [0.5, 0.6) is 0 Å². The van der Waals surface area contributed by atoms with E-state index in [2.05, 4.69) is 22.5 Å². The molecule has 0 saturated carbocycles. The summed E-state index contributed by atoms with van der Waals surface area (Å²) in [5, 5.41) is 6.96. The molecule has 1 aliphatic rings. The zero-order valence-corrected chi connectivity index (χ0v) is 13.5. The van der Waals surface area contributed by atoms with Crippen molar-refractivity contribution in [3.63, 3.8) is 0 Å². The minimum Gasteiger partial charge on any atom is -0.324 e. The zero-order valence-electron chi connectivity index (χ0n) is 11.2. The Kier molecular flexibility index (Phi) is 7.06. The van der Waals surface area contributed by atoms with Crippen molar-refractivity contribution < 1.29 is 4.79 Å². The van der Waals surface area contributed by atoms with Crippen molar-refractivity contribution in [2.75, 3.05) is 31.5 Å². The third-order valence-corrected chi connectivity index (χ3v) is 3.86. The van der Waals surface area contributed by atoms with E-state index in [0.29, 0.717) is 28.3 Å². The molecule has 1 amide bonds. The van der Waals surface area contributed by atoms with Gasteiger partial charge in [0.05, 0.1) is 22.3 Å². The van der Waals surface area contributed by atoms with Crippen molar-refractivity contribution in [2.45, 2.75) is 13.0 Å². The number of anilines is 1. The molecular weight excluding hydrogens is 321 g/mol. The van der Waals surface area contributed by atoms with Gasteiger partial charge in [-0.15, -0.1) is 12.4 Å². The molecule has 1 heterocycles. The van der Waals surface area contributed by atoms with Crippen molar-refractivity contribution in [3.8, 4) is 0 Å². The number of halogens is 3. The van der Waals surface area contributed by atoms with Crippen LogP contribution >= 0.6 is 35.6 Å². The molecule has 0 spiro atoms. The molecule has 1 aromatic rings. The van der Waals surface area contributed by atoms with Crippen LogP contribution in [0.25, 0.3) is 0 Å². The topological polar surface area (TPSA) is 44.4 Å². The Balaban J connectivity index is 0.00000200. The van der Waals surface area contributed by atoms with E-state index in [1.165, 1.54) is 0 Å². The number of carbonyl (C=O) groups is 1. The van der Waals surface area contributed by atoms with Gasteiger partial charge in [0.2, 0.25) is 5.91 Å². The second-order valence-electron chi connectivity index (χ2n) is 4.74. The highest BCUT2D eigenvalue weighted by Gasteiger charge is 2.18. The van der Waals surface area contributed by atoms with Crippen molar-refractivity contribution in [1.29, 1.82) is 0 Å². The van der Waals surface area contributed by atoms with E-state index in [9.17, 15) is 4.79 Å². The third kappa shape index (κ3) is 4.79. The van der Waals surface area contributed by atoms with Gasteiger partial charge in [0.25, 0.3) is 0 Å². The molecule has 0 aromatic heterocycles.